The van der Waals surface area contributed by atoms with E-state index in [2.05, 4.69) is 15.9 Å². The van der Waals surface area contributed by atoms with Crippen molar-refractivity contribution in [2.45, 2.75) is 38.4 Å². The van der Waals surface area contributed by atoms with Crippen LogP contribution in [0.25, 0.3) is 0 Å². The number of ether oxygens (including phenoxy) is 2. The molecule has 0 radical (unpaired) electrons. The molecule has 0 aromatic carbocycles. The lowest BCUT2D eigenvalue weighted by atomic mass is 10.2. The number of hydrogen-bond donors (Lipinski definition) is 0. The summed E-state index contributed by atoms with van der Waals surface area (Å²) in [6, 6.07) is 0. The second kappa shape index (κ2) is 6.87. The second-order valence-electron chi connectivity index (χ2n) is 3.06. The third-order valence-electron chi connectivity index (χ3n) is 1.97. The maximum absolute atomic E-state index is 5.54. The Labute approximate surface area is 82.7 Å². The van der Waals surface area contributed by atoms with Gasteiger partial charge in [0, 0.05) is 18.5 Å². The van der Waals surface area contributed by atoms with Gasteiger partial charge in [0.1, 0.15) is 0 Å². The maximum Gasteiger partial charge on any atom is 0.157 e. The van der Waals surface area contributed by atoms with Crippen molar-refractivity contribution < 1.29 is 9.47 Å². The molecule has 1 atom stereocenters. The minimum atomic E-state index is 0.0917. The van der Waals surface area contributed by atoms with Crippen molar-refractivity contribution in [3.05, 3.63) is 0 Å². The Hall–Kier alpha value is 0.400. The van der Waals surface area contributed by atoms with Gasteiger partial charge in [-0.05, 0) is 32.1 Å². The van der Waals surface area contributed by atoms with Gasteiger partial charge in [-0.15, -0.1) is 0 Å². The first-order valence-electron chi connectivity index (χ1n) is 4.72. The molecule has 1 saturated heterocycles. The van der Waals surface area contributed by atoms with E-state index >= 15 is 0 Å². The van der Waals surface area contributed by atoms with E-state index in [1.54, 1.807) is 0 Å². The van der Waals surface area contributed by atoms with Gasteiger partial charge in [0.05, 0.1) is 0 Å². The van der Waals surface area contributed by atoms with Crippen LogP contribution in [0.5, 0.6) is 0 Å². The number of alkyl halides is 1. The summed E-state index contributed by atoms with van der Waals surface area (Å²) < 4.78 is 11.0. The van der Waals surface area contributed by atoms with Gasteiger partial charge in [0.15, 0.2) is 6.29 Å². The fourth-order valence-electron chi connectivity index (χ4n) is 1.25. The smallest absolute Gasteiger partial charge is 0.157 e. The van der Waals surface area contributed by atoms with Crippen molar-refractivity contribution in [2.75, 3.05) is 18.5 Å². The average molecular weight is 237 g/mol. The average Bonchev–Trinajstić information content (AvgIpc) is 2.14. The largest absolute Gasteiger partial charge is 0.353 e. The van der Waals surface area contributed by atoms with Crippen LogP contribution >= 0.6 is 15.9 Å². The summed E-state index contributed by atoms with van der Waals surface area (Å²) in [5.41, 5.74) is 0. The molecule has 1 aliphatic rings. The van der Waals surface area contributed by atoms with Gasteiger partial charge in [0.2, 0.25) is 0 Å². The molecule has 2 nitrogen and oxygen atoms in total. The highest BCUT2D eigenvalue weighted by Crippen LogP contribution is 2.13. The van der Waals surface area contributed by atoms with E-state index in [1.165, 1.54) is 19.3 Å². The highest BCUT2D eigenvalue weighted by Gasteiger charge is 2.12. The first-order chi connectivity index (χ1) is 5.93. The Balaban J connectivity index is 1.91. The van der Waals surface area contributed by atoms with Crippen LogP contribution in [0.3, 0.4) is 0 Å². The Bertz CT molecular complexity index is 103. The lowest BCUT2D eigenvalue weighted by Crippen LogP contribution is -2.22. The minimum Gasteiger partial charge on any atom is -0.353 e. The fraction of sp³-hybridized carbons (Fsp3) is 1.00. The molecular formula is C9H17BrO2. The molecule has 1 unspecified atom stereocenters. The molecule has 0 spiro atoms. The molecule has 72 valence electrons. The Morgan fingerprint density at radius 3 is 2.92 bits per heavy atom. The van der Waals surface area contributed by atoms with Gasteiger partial charge < -0.3 is 9.47 Å². The molecule has 1 fully saturated rings. The van der Waals surface area contributed by atoms with Gasteiger partial charge in [0.25, 0.3) is 0 Å². The monoisotopic (exact) mass is 236 g/mol. The topological polar surface area (TPSA) is 18.5 Å². The summed E-state index contributed by atoms with van der Waals surface area (Å²) >= 11 is 3.39. The van der Waals surface area contributed by atoms with Crippen molar-refractivity contribution in [1.29, 1.82) is 0 Å². The van der Waals surface area contributed by atoms with Gasteiger partial charge in [-0.3, -0.25) is 0 Å². The normalized spacial score (nSPS) is 24.2. The Kier molecular flexibility index (Phi) is 6.00. The fourth-order valence-corrected chi connectivity index (χ4v) is 1.65. The molecule has 12 heavy (non-hydrogen) atoms. The van der Waals surface area contributed by atoms with E-state index in [4.69, 9.17) is 9.47 Å². The third kappa shape index (κ3) is 4.43. The SMILES string of the molecule is BrCCCCOC1CCCCO1. The van der Waals surface area contributed by atoms with Gasteiger partial charge >= 0.3 is 0 Å². The second-order valence-corrected chi connectivity index (χ2v) is 3.86. The standard InChI is InChI=1S/C9H17BrO2/c10-6-2-4-8-12-9-5-1-3-7-11-9/h9H,1-8H2. The van der Waals surface area contributed by atoms with Crippen LogP contribution in [0, 0.1) is 0 Å². The van der Waals surface area contributed by atoms with Crippen molar-refractivity contribution in [1.82, 2.24) is 0 Å². The summed E-state index contributed by atoms with van der Waals surface area (Å²) in [6.45, 7) is 1.72. The third-order valence-corrected chi connectivity index (χ3v) is 2.53. The van der Waals surface area contributed by atoms with Gasteiger partial charge in [-0.2, -0.15) is 0 Å². The van der Waals surface area contributed by atoms with Crippen LogP contribution in [0.1, 0.15) is 32.1 Å². The van der Waals surface area contributed by atoms with Crippen LogP contribution in [-0.2, 0) is 9.47 Å². The van der Waals surface area contributed by atoms with E-state index in [-0.39, 0.29) is 6.29 Å². The molecular weight excluding hydrogens is 220 g/mol. The van der Waals surface area contributed by atoms with E-state index in [0.717, 1.165) is 31.4 Å². The minimum absolute atomic E-state index is 0.0917. The van der Waals surface area contributed by atoms with E-state index in [1.807, 2.05) is 0 Å². The van der Waals surface area contributed by atoms with Crippen LogP contribution < -0.4 is 0 Å². The first kappa shape index (κ1) is 10.5. The molecule has 0 aromatic heterocycles. The Morgan fingerprint density at radius 2 is 2.25 bits per heavy atom. The zero-order valence-electron chi connectivity index (χ0n) is 7.43. The highest BCUT2D eigenvalue weighted by molar-refractivity contribution is 9.09. The molecule has 1 heterocycles. The van der Waals surface area contributed by atoms with Crippen LogP contribution in [-0.4, -0.2) is 24.8 Å². The molecule has 1 aliphatic heterocycles. The summed E-state index contributed by atoms with van der Waals surface area (Å²) in [5, 5.41) is 1.07. The van der Waals surface area contributed by atoms with Gasteiger partial charge in [-0.25, -0.2) is 0 Å². The predicted molar refractivity (Wildman–Crippen MR) is 52.6 cm³/mol. The van der Waals surface area contributed by atoms with Crippen molar-refractivity contribution >= 4 is 15.9 Å². The van der Waals surface area contributed by atoms with Crippen LogP contribution in [0.4, 0.5) is 0 Å². The predicted octanol–water partition coefficient (Wildman–Crippen LogP) is 2.70. The molecule has 0 aromatic rings. The number of halogens is 1. The zero-order chi connectivity index (χ0) is 8.65. The number of hydrogen-bond acceptors (Lipinski definition) is 2. The van der Waals surface area contributed by atoms with E-state index < -0.39 is 0 Å². The van der Waals surface area contributed by atoms with Crippen molar-refractivity contribution in [3.8, 4) is 0 Å². The first-order valence-corrected chi connectivity index (χ1v) is 5.85. The van der Waals surface area contributed by atoms with Crippen LogP contribution in [0.2, 0.25) is 0 Å². The van der Waals surface area contributed by atoms with E-state index in [0.29, 0.717) is 0 Å². The summed E-state index contributed by atoms with van der Waals surface area (Å²) in [7, 11) is 0. The molecule has 0 amide bonds. The van der Waals surface area contributed by atoms with Crippen molar-refractivity contribution in [2.24, 2.45) is 0 Å². The molecule has 0 N–H and O–H groups in total. The molecule has 0 saturated carbocycles. The molecule has 0 bridgehead atoms. The quantitative estimate of drug-likeness (QED) is 0.540. The summed E-state index contributed by atoms with van der Waals surface area (Å²) in [6.07, 6.45) is 5.94. The molecule has 3 heteroatoms. The zero-order valence-corrected chi connectivity index (χ0v) is 9.01. The van der Waals surface area contributed by atoms with E-state index in [9.17, 15) is 0 Å². The lowest BCUT2D eigenvalue weighted by Gasteiger charge is -2.22. The number of rotatable bonds is 5. The highest BCUT2D eigenvalue weighted by atomic mass is 79.9. The number of unbranched alkanes of at least 4 members (excludes halogenated alkanes) is 1. The maximum atomic E-state index is 5.54. The van der Waals surface area contributed by atoms with Crippen LogP contribution in [0.15, 0.2) is 0 Å². The summed E-state index contributed by atoms with van der Waals surface area (Å²) in [5.74, 6) is 0. The van der Waals surface area contributed by atoms with Gasteiger partial charge in [-0.1, -0.05) is 15.9 Å². The Morgan fingerprint density at radius 1 is 1.33 bits per heavy atom. The lowest BCUT2D eigenvalue weighted by molar-refractivity contribution is -0.162. The molecule has 0 aliphatic carbocycles. The van der Waals surface area contributed by atoms with Crippen molar-refractivity contribution in [3.63, 3.8) is 0 Å². The molecule has 1 rings (SSSR count). The summed E-state index contributed by atoms with van der Waals surface area (Å²) in [4.78, 5) is 0.